The molecule has 0 bridgehead atoms. The summed E-state index contributed by atoms with van der Waals surface area (Å²) < 4.78 is 7.21. The van der Waals surface area contributed by atoms with E-state index in [1.54, 1.807) is 12.3 Å². The fraction of sp³-hybridized carbons (Fsp3) is 0.158. The number of hydrogen-bond donors (Lipinski definition) is 1. The van der Waals surface area contributed by atoms with Gasteiger partial charge in [0.1, 0.15) is 17.9 Å². The second-order valence-electron chi connectivity index (χ2n) is 6.28. The molecule has 0 saturated carbocycles. The number of benzene rings is 2. The summed E-state index contributed by atoms with van der Waals surface area (Å²) in [6.07, 6.45) is 1.58. The van der Waals surface area contributed by atoms with Crippen molar-refractivity contribution < 1.29 is 14.1 Å². The highest BCUT2D eigenvalue weighted by molar-refractivity contribution is 5.84. The van der Waals surface area contributed by atoms with Crippen LogP contribution >= 0.6 is 0 Å². The smallest absolute Gasteiger partial charge is 0.271 e. The summed E-state index contributed by atoms with van der Waals surface area (Å²) in [5, 5.41) is 19.7. The molecule has 2 heterocycles. The number of non-ortho nitro benzene ring substituents is 1. The van der Waals surface area contributed by atoms with Crippen LogP contribution in [0.15, 0.2) is 59.1 Å². The number of carbonyl (C=O) groups is 1. The molecule has 136 valence electrons. The molecule has 4 rings (SSSR count). The number of carbonyl (C=O) groups excluding carboxylic acids is 1. The zero-order valence-electron chi connectivity index (χ0n) is 14.5. The number of furan rings is 1. The van der Waals surface area contributed by atoms with Crippen molar-refractivity contribution in [1.82, 2.24) is 15.1 Å². The Labute approximate surface area is 153 Å². The topological polar surface area (TPSA) is 103 Å². The lowest BCUT2D eigenvalue weighted by atomic mass is 10.2. The van der Waals surface area contributed by atoms with Gasteiger partial charge < -0.3 is 9.73 Å². The molecular formula is C19H16N4O4. The molecule has 0 aliphatic heterocycles. The second-order valence-corrected chi connectivity index (χ2v) is 6.28. The predicted octanol–water partition coefficient (Wildman–Crippen LogP) is 3.57. The van der Waals surface area contributed by atoms with Gasteiger partial charge in [-0.05, 0) is 25.1 Å². The summed E-state index contributed by atoms with van der Waals surface area (Å²) in [4.78, 5) is 22.9. The molecule has 4 aromatic rings. The number of aromatic nitrogens is 2. The van der Waals surface area contributed by atoms with E-state index in [0.717, 1.165) is 16.4 Å². The lowest BCUT2D eigenvalue weighted by Crippen LogP contribution is -2.30. The zero-order valence-corrected chi connectivity index (χ0v) is 14.5. The maximum atomic E-state index is 12.4. The molecule has 0 aliphatic carbocycles. The highest BCUT2D eigenvalue weighted by Gasteiger charge is 2.16. The van der Waals surface area contributed by atoms with Crippen LogP contribution in [0.1, 0.15) is 18.7 Å². The quantitative estimate of drug-likeness (QED) is 0.431. The van der Waals surface area contributed by atoms with Crippen molar-refractivity contribution >= 4 is 33.5 Å². The minimum atomic E-state index is -0.472. The fourth-order valence-corrected chi connectivity index (χ4v) is 3.01. The van der Waals surface area contributed by atoms with Gasteiger partial charge in [0.25, 0.3) is 5.69 Å². The van der Waals surface area contributed by atoms with Gasteiger partial charge in [0.15, 0.2) is 0 Å². The number of nitrogens with zero attached hydrogens (tertiary/aromatic N) is 3. The van der Waals surface area contributed by atoms with Crippen LogP contribution in [0.25, 0.3) is 21.9 Å². The van der Waals surface area contributed by atoms with Crippen LogP contribution in [0.5, 0.6) is 0 Å². The Morgan fingerprint density at radius 1 is 1.26 bits per heavy atom. The summed E-state index contributed by atoms with van der Waals surface area (Å²) in [6, 6.07) is 13.7. The Balaban J connectivity index is 1.51. The molecule has 1 unspecified atom stereocenters. The minimum Gasteiger partial charge on any atom is -0.459 e. The summed E-state index contributed by atoms with van der Waals surface area (Å²) in [5.74, 6) is 0.393. The predicted molar refractivity (Wildman–Crippen MR) is 99.2 cm³/mol. The fourth-order valence-electron chi connectivity index (χ4n) is 3.01. The maximum absolute atomic E-state index is 12.4. The van der Waals surface area contributed by atoms with Gasteiger partial charge in [-0.1, -0.05) is 18.2 Å². The third-order valence-electron chi connectivity index (χ3n) is 4.38. The van der Waals surface area contributed by atoms with Crippen molar-refractivity contribution in [2.75, 3.05) is 0 Å². The van der Waals surface area contributed by atoms with Gasteiger partial charge in [0.05, 0.1) is 22.7 Å². The SMILES string of the molecule is CC(NC(=O)Cn1ncc2ccc([N+](=O)[O-])cc21)c1cc2ccccc2o1. The zero-order chi connectivity index (χ0) is 19.0. The van der Waals surface area contributed by atoms with Crippen LogP contribution in [-0.4, -0.2) is 20.6 Å². The first kappa shape index (κ1) is 16.8. The average molecular weight is 364 g/mol. The van der Waals surface area contributed by atoms with Crippen LogP contribution in [0, 0.1) is 10.1 Å². The normalized spacial score (nSPS) is 12.3. The van der Waals surface area contributed by atoms with E-state index in [-0.39, 0.29) is 24.2 Å². The van der Waals surface area contributed by atoms with Crippen LogP contribution in [0.3, 0.4) is 0 Å². The van der Waals surface area contributed by atoms with E-state index in [9.17, 15) is 14.9 Å². The third-order valence-corrected chi connectivity index (χ3v) is 4.38. The van der Waals surface area contributed by atoms with Gasteiger partial charge in [0.2, 0.25) is 5.91 Å². The first-order valence-electron chi connectivity index (χ1n) is 8.39. The molecule has 8 nitrogen and oxygen atoms in total. The van der Waals surface area contributed by atoms with E-state index >= 15 is 0 Å². The molecule has 2 aromatic carbocycles. The molecule has 0 radical (unpaired) electrons. The molecule has 8 heteroatoms. The molecule has 1 atom stereocenters. The summed E-state index contributed by atoms with van der Waals surface area (Å²) in [5.41, 5.74) is 1.26. The number of fused-ring (bicyclic) bond motifs is 2. The molecule has 1 N–H and O–H groups in total. The molecule has 2 aromatic heterocycles. The Morgan fingerprint density at radius 2 is 2.07 bits per heavy atom. The van der Waals surface area contributed by atoms with Crippen molar-refractivity contribution in [2.45, 2.75) is 19.5 Å². The van der Waals surface area contributed by atoms with Crippen LogP contribution < -0.4 is 5.32 Å². The molecule has 0 aliphatic rings. The lowest BCUT2D eigenvalue weighted by molar-refractivity contribution is -0.384. The van der Waals surface area contributed by atoms with Crippen LogP contribution in [0.2, 0.25) is 0 Å². The van der Waals surface area contributed by atoms with E-state index in [4.69, 9.17) is 4.42 Å². The van der Waals surface area contributed by atoms with Gasteiger partial charge in [-0.15, -0.1) is 0 Å². The summed E-state index contributed by atoms with van der Waals surface area (Å²) >= 11 is 0. The van der Waals surface area contributed by atoms with Crippen LogP contribution in [0.4, 0.5) is 5.69 Å². The van der Waals surface area contributed by atoms with Crippen LogP contribution in [-0.2, 0) is 11.3 Å². The standard InChI is InChI=1S/C19H16N4O4/c1-12(18-8-13-4-2-3-5-17(13)27-18)21-19(24)11-22-16-9-15(23(25)26)7-6-14(16)10-20-22/h2-10,12H,11H2,1H3,(H,21,24). The largest absolute Gasteiger partial charge is 0.459 e. The van der Waals surface area contributed by atoms with E-state index in [1.807, 2.05) is 37.3 Å². The number of nitro groups is 1. The van der Waals surface area contributed by atoms with Crippen molar-refractivity contribution in [1.29, 1.82) is 0 Å². The highest BCUT2D eigenvalue weighted by Crippen LogP contribution is 2.24. The molecular weight excluding hydrogens is 348 g/mol. The molecule has 27 heavy (non-hydrogen) atoms. The van der Waals surface area contributed by atoms with Crippen molar-refractivity contribution in [3.63, 3.8) is 0 Å². The molecule has 0 saturated heterocycles. The van der Waals surface area contributed by atoms with Gasteiger partial charge in [-0.2, -0.15) is 5.10 Å². The number of amides is 1. The Hall–Kier alpha value is -3.68. The summed E-state index contributed by atoms with van der Waals surface area (Å²) in [7, 11) is 0. The first-order chi connectivity index (χ1) is 13.0. The molecule has 1 amide bonds. The number of nitrogens with one attached hydrogen (secondary N) is 1. The Morgan fingerprint density at radius 3 is 2.85 bits per heavy atom. The van der Waals surface area contributed by atoms with Gasteiger partial charge >= 0.3 is 0 Å². The number of nitro benzene ring substituents is 1. The van der Waals surface area contributed by atoms with Gasteiger partial charge in [0, 0.05) is 22.9 Å². The lowest BCUT2D eigenvalue weighted by Gasteiger charge is -2.11. The average Bonchev–Trinajstić information content (AvgIpc) is 3.25. The monoisotopic (exact) mass is 364 g/mol. The van der Waals surface area contributed by atoms with Crippen molar-refractivity contribution in [2.24, 2.45) is 0 Å². The third kappa shape index (κ3) is 3.24. The molecule has 0 fully saturated rings. The van der Waals surface area contributed by atoms with Crippen molar-refractivity contribution in [3.8, 4) is 0 Å². The number of para-hydroxylation sites is 1. The van der Waals surface area contributed by atoms with E-state index in [2.05, 4.69) is 10.4 Å². The van der Waals surface area contributed by atoms with Gasteiger partial charge in [-0.25, -0.2) is 0 Å². The van der Waals surface area contributed by atoms with E-state index in [1.165, 1.54) is 16.8 Å². The second kappa shape index (κ2) is 6.56. The maximum Gasteiger partial charge on any atom is 0.271 e. The Bertz CT molecular complexity index is 1130. The minimum absolute atomic E-state index is 0.0414. The van der Waals surface area contributed by atoms with Crippen molar-refractivity contribution in [3.05, 3.63) is 70.6 Å². The van der Waals surface area contributed by atoms with E-state index in [0.29, 0.717) is 11.3 Å². The summed E-state index contributed by atoms with van der Waals surface area (Å²) in [6.45, 7) is 1.79. The number of rotatable bonds is 5. The molecule has 0 spiro atoms. The van der Waals surface area contributed by atoms with Gasteiger partial charge in [-0.3, -0.25) is 19.6 Å². The Kier molecular flexibility index (Phi) is 4.08. The first-order valence-corrected chi connectivity index (χ1v) is 8.39. The highest BCUT2D eigenvalue weighted by atomic mass is 16.6. The number of hydrogen-bond acceptors (Lipinski definition) is 5. The van der Waals surface area contributed by atoms with E-state index < -0.39 is 4.92 Å².